The zero-order chi connectivity index (χ0) is 17.1. The molecular weight excluding hydrogens is 330 g/mol. The monoisotopic (exact) mass is 345 g/mol. The highest BCUT2D eigenvalue weighted by Crippen LogP contribution is 2.34. The fourth-order valence-electron chi connectivity index (χ4n) is 2.52. The number of anilines is 2. The molecular formula is C17H16ClN3O3. The minimum atomic E-state index is -0.670. The second-order valence-electron chi connectivity index (χ2n) is 5.13. The summed E-state index contributed by atoms with van der Waals surface area (Å²) >= 11 is 6.10. The fraction of sp³-hybridized carbons (Fsp3) is 0.176. The molecule has 2 aromatic rings. The topological polar surface area (TPSA) is 61.9 Å². The highest BCUT2D eigenvalue weighted by Gasteiger charge is 2.31. The summed E-state index contributed by atoms with van der Waals surface area (Å²) in [5.74, 6) is -0.318. The van der Waals surface area contributed by atoms with Crippen LogP contribution < -0.4 is 10.3 Å². The van der Waals surface area contributed by atoms with Crippen molar-refractivity contribution < 1.29 is 14.3 Å². The van der Waals surface area contributed by atoms with Crippen molar-refractivity contribution in [3.05, 3.63) is 59.1 Å². The minimum absolute atomic E-state index is 0.148. The molecule has 6 nitrogen and oxygen atoms in total. The Morgan fingerprint density at radius 2 is 2.00 bits per heavy atom. The van der Waals surface area contributed by atoms with Crippen LogP contribution in [0, 0.1) is 0 Å². The highest BCUT2D eigenvalue weighted by atomic mass is 35.5. The van der Waals surface area contributed by atoms with Gasteiger partial charge in [-0.05, 0) is 37.3 Å². The van der Waals surface area contributed by atoms with Crippen LogP contribution >= 0.6 is 11.6 Å². The molecule has 0 saturated heterocycles. The lowest BCUT2D eigenvalue weighted by Crippen LogP contribution is -2.53. The van der Waals surface area contributed by atoms with E-state index in [9.17, 15) is 9.59 Å². The molecule has 1 heterocycles. The van der Waals surface area contributed by atoms with Crippen LogP contribution in [-0.4, -0.2) is 30.3 Å². The van der Waals surface area contributed by atoms with Crippen LogP contribution in [0.5, 0.6) is 0 Å². The van der Waals surface area contributed by atoms with Gasteiger partial charge in [0.1, 0.15) is 6.67 Å². The molecule has 0 fully saturated rings. The number of fused-ring (bicyclic) bond motifs is 1. The van der Waals surface area contributed by atoms with E-state index < -0.39 is 6.09 Å². The molecule has 0 bridgehead atoms. The van der Waals surface area contributed by atoms with Crippen molar-refractivity contribution in [3.63, 3.8) is 0 Å². The molecule has 2 aromatic carbocycles. The van der Waals surface area contributed by atoms with Crippen LogP contribution in [-0.2, 0) is 4.74 Å². The van der Waals surface area contributed by atoms with Gasteiger partial charge in [-0.3, -0.25) is 4.79 Å². The maximum atomic E-state index is 12.6. The number of amides is 2. The number of hydrazine groups is 1. The van der Waals surface area contributed by atoms with Gasteiger partial charge >= 0.3 is 6.09 Å². The lowest BCUT2D eigenvalue weighted by Gasteiger charge is -2.37. The molecule has 0 unspecified atom stereocenters. The van der Waals surface area contributed by atoms with Crippen LogP contribution in [0.3, 0.4) is 0 Å². The lowest BCUT2D eigenvalue weighted by atomic mass is 10.1. The van der Waals surface area contributed by atoms with Crippen LogP contribution in [0.25, 0.3) is 0 Å². The van der Waals surface area contributed by atoms with Crippen LogP contribution in [0.4, 0.5) is 16.2 Å². The maximum absolute atomic E-state index is 12.6. The van der Waals surface area contributed by atoms with Crippen molar-refractivity contribution in [2.45, 2.75) is 6.92 Å². The number of benzene rings is 2. The average Bonchev–Trinajstić information content (AvgIpc) is 2.58. The van der Waals surface area contributed by atoms with Gasteiger partial charge < -0.3 is 9.64 Å². The third kappa shape index (κ3) is 3.14. The van der Waals surface area contributed by atoms with Gasteiger partial charge in [0, 0.05) is 10.7 Å². The van der Waals surface area contributed by atoms with Gasteiger partial charge in [-0.2, -0.15) is 0 Å². The fourth-order valence-corrected chi connectivity index (χ4v) is 2.69. The standard InChI is InChI=1S/C17H16ClN3O3/c1-2-24-17(23)19-21-11-20(13-6-4-3-5-7-13)15-10-12(18)8-9-14(15)16(21)22/h3-10H,2,11H2,1H3,(H,19,23). The number of hydrogen-bond acceptors (Lipinski definition) is 4. The van der Waals surface area contributed by atoms with E-state index >= 15 is 0 Å². The van der Waals surface area contributed by atoms with Gasteiger partial charge in [0.25, 0.3) is 5.91 Å². The summed E-state index contributed by atoms with van der Waals surface area (Å²) in [5, 5.41) is 1.76. The van der Waals surface area contributed by atoms with E-state index in [2.05, 4.69) is 5.43 Å². The third-order valence-electron chi connectivity index (χ3n) is 3.58. The zero-order valence-corrected chi connectivity index (χ0v) is 13.8. The summed E-state index contributed by atoms with van der Waals surface area (Å²) in [6.07, 6.45) is -0.670. The normalized spacial score (nSPS) is 13.5. The van der Waals surface area contributed by atoms with Crippen molar-refractivity contribution in [3.8, 4) is 0 Å². The molecule has 0 radical (unpaired) electrons. The summed E-state index contributed by atoms with van der Waals surface area (Å²) in [4.78, 5) is 26.2. The van der Waals surface area contributed by atoms with Gasteiger partial charge in [0.05, 0.1) is 17.9 Å². The van der Waals surface area contributed by atoms with Gasteiger partial charge in [-0.25, -0.2) is 15.2 Å². The van der Waals surface area contributed by atoms with Crippen molar-refractivity contribution in [1.29, 1.82) is 0 Å². The zero-order valence-electron chi connectivity index (χ0n) is 13.0. The second-order valence-corrected chi connectivity index (χ2v) is 5.57. The Kier molecular flexibility index (Phi) is 4.57. The quantitative estimate of drug-likeness (QED) is 0.924. The Morgan fingerprint density at radius 3 is 2.71 bits per heavy atom. The number of ether oxygens (including phenoxy) is 1. The average molecular weight is 346 g/mol. The highest BCUT2D eigenvalue weighted by molar-refractivity contribution is 6.31. The van der Waals surface area contributed by atoms with Gasteiger partial charge in [-0.15, -0.1) is 0 Å². The van der Waals surface area contributed by atoms with E-state index in [-0.39, 0.29) is 19.2 Å². The first-order valence-electron chi connectivity index (χ1n) is 7.47. The summed E-state index contributed by atoms with van der Waals surface area (Å²) in [5.41, 5.74) is 4.50. The van der Waals surface area contributed by atoms with Crippen molar-refractivity contribution in [1.82, 2.24) is 10.4 Å². The first-order chi connectivity index (χ1) is 11.6. The molecule has 0 aliphatic carbocycles. The molecule has 2 amide bonds. The molecule has 24 heavy (non-hydrogen) atoms. The summed E-state index contributed by atoms with van der Waals surface area (Å²) in [6, 6.07) is 14.6. The molecule has 0 aromatic heterocycles. The predicted molar refractivity (Wildman–Crippen MR) is 91.2 cm³/mol. The van der Waals surface area contributed by atoms with Crippen molar-refractivity contribution in [2.24, 2.45) is 0 Å². The molecule has 0 saturated carbocycles. The first kappa shape index (κ1) is 16.1. The van der Waals surface area contributed by atoms with E-state index in [4.69, 9.17) is 16.3 Å². The molecule has 3 rings (SSSR count). The van der Waals surface area contributed by atoms with Crippen LogP contribution in [0.1, 0.15) is 17.3 Å². The van der Waals surface area contributed by atoms with Crippen LogP contribution in [0.2, 0.25) is 5.02 Å². The number of carbonyl (C=O) groups excluding carboxylic acids is 2. The Morgan fingerprint density at radius 1 is 1.25 bits per heavy atom. The number of rotatable bonds is 3. The molecule has 0 spiro atoms. The smallest absolute Gasteiger partial charge is 0.426 e. The summed E-state index contributed by atoms with van der Waals surface area (Å²) in [7, 11) is 0. The van der Waals surface area contributed by atoms with E-state index in [1.807, 2.05) is 35.2 Å². The number of carbonyl (C=O) groups is 2. The number of hydrogen-bond donors (Lipinski definition) is 1. The van der Waals surface area contributed by atoms with Gasteiger partial charge in [0.2, 0.25) is 0 Å². The maximum Gasteiger partial charge on any atom is 0.426 e. The third-order valence-corrected chi connectivity index (χ3v) is 3.81. The van der Waals surface area contributed by atoms with E-state index in [0.717, 1.165) is 5.69 Å². The van der Waals surface area contributed by atoms with E-state index in [1.165, 1.54) is 5.01 Å². The van der Waals surface area contributed by atoms with E-state index in [1.54, 1.807) is 25.1 Å². The Labute approximate surface area is 144 Å². The molecule has 1 N–H and O–H groups in total. The number of nitrogens with zero attached hydrogens (tertiary/aromatic N) is 2. The number of halogens is 1. The van der Waals surface area contributed by atoms with Gasteiger partial charge in [0.15, 0.2) is 0 Å². The second kappa shape index (κ2) is 6.80. The lowest BCUT2D eigenvalue weighted by molar-refractivity contribution is 0.0603. The van der Waals surface area contributed by atoms with Crippen molar-refractivity contribution in [2.75, 3.05) is 18.2 Å². The predicted octanol–water partition coefficient (Wildman–Crippen LogP) is 3.55. The molecule has 1 aliphatic heterocycles. The molecule has 7 heteroatoms. The van der Waals surface area contributed by atoms with E-state index in [0.29, 0.717) is 16.3 Å². The van der Waals surface area contributed by atoms with Crippen LogP contribution in [0.15, 0.2) is 48.5 Å². The largest absolute Gasteiger partial charge is 0.449 e. The first-order valence-corrected chi connectivity index (χ1v) is 7.85. The summed E-state index contributed by atoms with van der Waals surface area (Å²) < 4.78 is 4.86. The molecule has 0 atom stereocenters. The SMILES string of the molecule is CCOC(=O)NN1CN(c2ccccc2)c2cc(Cl)ccc2C1=O. The summed E-state index contributed by atoms with van der Waals surface area (Å²) in [6.45, 7) is 2.07. The Bertz CT molecular complexity index is 767. The van der Waals surface area contributed by atoms with Crippen molar-refractivity contribution >= 4 is 35.0 Å². The van der Waals surface area contributed by atoms with Gasteiger partial charge in [-0.1, -0.05) is 29.8 Å². The minimum Gasteiger partial charge on any atom is -0.449 e. The Balaban J connectivity index is 1.99. The molecule has 124 valence electrons. The number of para-hydroxylation sites is 1. The molecule has 1 aliphatic rings. The number of nitrogens with one attached hydrogen (secondary N) is 1. The Hall–Kier alpha value is -2.73.